The van der Waals surface area contributed by atoms with Gasteiger partial charge >= 0.3 is 0 Å². The molecule has 3 unspecified atom stereocenters. The van der Waals surface area contributed by atoms with Crippen molar-refractivity contribution < 1.29 is 28.8 Å². The van der Waals surface area contributed by atoms with E-state index in [2.05, 4.69) is 32.6 Å². The third-order valence-corrected chi connectivity index (χ3v) is 12.2. The van der Waals surface area contributed by atoms with Gasteiger partial charge in [0, 0.05) is 107 Å². The van der Waals surface area contributed by atoms with Gasteiger partial charge in [0.25, 0.3) is 0 Å². The van der Waals surface area contributed by atoms with Crippen molar-refractivity contribution in [2.45, 2.75) is 134 Å². The Kier molecular flexibility index (Phi) is 26.0. The highest BCUT2D eigenvalue weighted by Gasteiger charge is 2.33. The number of hydrogen-bond donors (Lipinski definition) is 10. The van der Waals surface area contributed by atoms with Crippen molar-refractivity contribution in [1.82, 2.24) is 29.7 Å². The van der Waals surface area contributed by atoms with Crippen LogP contribution in [0.3, 0.4) is 0 Å². The summed E-state index contributed by atoms with van der Waals surface area (Å²) in [6.45, 7) is 1.19. The monoisotopic (exact) mass is 965 g/mol. The second kappa shape index (κ2) is 31.3. The molecule has 1 aromatic carbocycles. The molecule has 4 amide bonds. The second-order valence-corrected chi connectivity index (χ2v) is 17.5. The van der Waals surface area contributed by atoms with Crippen LogP contribution in [0.1, 0.15) is 114 Å². The fraction of sp³-hybridized carbons (Fsp3) is 0.596. The second-order valence-electron chi connectivity index (χ2n) is 17.1. The molecular weight excluding hydrogens is 889 g/mol. The number of nitrogens with one attached hydrogen (secondary N) is 3. The first kappa shape index (κ1) is 56.5. The zero-order valence-electron chi connectivity index (χ0n) is 39.5. The number of nitrogens with two attached hydrogens (primary N) is 6. The third kappa shape index (κ3) is 19.4. The van der Waals surface area contributed by atoms with Crippen molar-refractivity contribution in [3.05, 3.63) is 54.2 Å². The van der Waals surface area contributed by atoms with Gasteiger partial charge in [0.05, 0.1) is 24.2 Å². The Labute approximate surface area is 405 Å². The van der Waals surface area contributed by atoms with Crippen molar-refractivity contribution in [2.75, 3.05) is 45.0 Å². The van der Waals surface area contributed by atoms with Crippen LogP contribution in [0.5, 0.6) is 0 Å². The molecule has 2 aromatic heterocycles. The molecule has 68 heavy (non-hydrogen) atoms. The summed E-state index contributed by atoms with van der Waals surface area (Å²) >= 11 is 4.24. The van der Waals surface area contributed by atoms with E-state index in [1.165, 1.54) is 16.1 Å². The van der Waals surface area contributed by atoms with E-state index in [0.29, 0.717) is 88.7 Å². The number of benzene rings is 1. The lowest BCUT2D eigenvalue weighted by molar-refractivity contribution is -0.141. The number of Topliss-reactive ketones (excluding diaryl/α,β-unsaturated/α-hetero) is 2. The number of amidine groups is 1. The van der Waals surface area contributed by atoms with Crippen LogP contribution in [-0.2, 0) is 41.6 Å². The van der Waals surface area contributed by atoms with Gasteiger partial charge in [0.15, 0.2) is 17.5 Å². The van der Waals surface area contributed by atoms with E-state index in [0.717, 1.165) is 16.5 Å². The number of aromatic amines is 2. The van der Waals surface area contributed by atoms with Crippen molar-refractivity contribution in [1.29, 1.82) is 5.41 Å². The van der Waals surface area contributed by atoms with E-state index < -0.39 is 24.0 Å². The Morgan fingerprint density at radius 1 is 0.676 bits per heavy atom. The van der Waals surface area contributed by atoms with E-state index in [4.69, 9.17) is 39.8 Å². The first-order valence-corrected chi connectivity index (χ1v) is 24.5. The van der Waals surface area contributed by atoms with Crippen LogP contribution in [0.4, 0.5) is 0 Å². The number of H-pyrrole nitrogens is 2. The number of thiol groups is 1. The minimum atomic E-state index is -0.981. The van der Waals surface area contributed by atoms with Crippen molar-refractivity contribution in [3.8, 4) is 0 Å². The number of nitrogens with zero attached hydrogens (tertiary/aromatic N) is 5. The van der Waals surface area contributed by atoms with E-state index in [1.54, 1.807) is 11.1 Å². The van der Waals surface area contributed by atoms with Crippen LogP contribution in [0, 0.1) is 5.41 Å². The van der Waals surface area contributed by atoms with Gasteiger partial charge in [-0.25, -0.2) is 4.98 Å². The summed E-state index contributed by atoms with van der Waals surface area (Å²) in [4.78, 5) is 102. The number of para-hydroxylation sites is 1. The minimum absolute atomic E-state index is 0.00544. The van der Waals surface area contributed by atoms with E-state index in [-0.39, 0.29) is 119 Å². The first-order valence-electron chi connectivity index (χ1n) is 23.9. The van der Waals surface area contributed by atoms with Crippen LogP contribution in [0.15, 0.2) is 48.0 Å². The number of imidazole rings is 1. The summed E-state index contributed by atoms with van der Waals surface area (Å²) in [5.74, 6) is -1.66. The molecular formula is C47H76N14O6S. The Morgan fingerprint density at radius 2 is 1.29 bits per heavy atom. The quantitative estimate of drug-likeness (QED) is 0.0172. The average Bonchev–Trinajstić information content (AvgIpc) is 3.99. The van der Waals surface area contributed by atoms with Crippen LogP contribution in [-0.4, -0.2) is 140 Å². The lowest BCUT2D eigenvalue weighted by Crippen LogP contribution is -2.49. The van der Waals surface area contributed by atoms with Gasteiger partial charge in [-0.2, -0.15) is 12.6 Å². The van der Waals surface area contributed by atoms with Gasteiger partial charge in [0.1, 0.15) is 6.04 Å². The zero-order valence-corrected chi connectivity index (χ0v) is 40.4. The Balaban J connectivity index is 1.93. The van der Waals surface area contributed by atoms with Crippen molar-refractivity contribution in [2.24, 2.45) is 39.4 Å². The van der Waals surface area contributed by atoms with Gasteiger partial charge < -0.3 is 59.1 Å². The highest BCUT2D eigenvalue weighted by Crippen LogP contribution is 2.23. The molecule has 3 aromatic rings. The summed E-state index contributed by atoms with van der Waals surface area (Å²) in [5.41, 5.74) is 36.5. The molecule has 3 rings (SSSR count). The number of ketones is 2. The summed E-state index contributed by atoms with van der Waals surface area (Å²) < 4.78 is 0. The average molecular weight is 965 g/mol. The largest absolute Gasteiger partial charge is 0.388 e. The number of carbonyl (C=O) groups is 6. The molecule has 21 heteroatoms. The molecule has 0 fully saturated rings. The van der Waals surface area contributed by atoms with Crippen LogP contribution in [0.2, 0.25) is 0 Å². The molecule has 376 valence electrons. The molecule has 0 saturated heterocycles. The molecule has 0 saturated carbocycles. The van der Waals surface area contributed by atoms with Crippen molar-refractivity contribution in [3.63, 3.8) is 0 Å². The SMILES string of the molecule is N=C(N)CCCCC(C(=O)CCCN(C(=O)CCc1c[nH]c2ccccc12)C(Cc1cnc[nH]1)C(=O)CCCN(C(=O)CCCCN=C(N)N)C(CCCCN)C(N)=O)N(CCN)C(=O)CCS. The number of carbonyl (C=O) groups excluding carboxylic acids is 6. The number of primary amides is 1. The molecule has 0 spiro atoms. The molecule has 20 nitrogen and oxygen atoms in total. The number of guanidine groups is 1. The van der Waals surface area contributed by atoms with Gasteiger partial charge in [-0.1, -0.05) is 24.6 Å². The summed E-state index contributed by atoms with van der Waals surface area (Å²) in [6, 6.07) is 5.11. The molecule has 15 N–H and O–H groups in total. The number of aryl methyl sites for hydroxylation is 1. The lowest BCUT2D eigenvalue weighted by Gasteiger charge is -2.33. The number of fused-ring (bicyclic) bond motifs is 1. The fourth-order valence-corrected chi connectivity index (χ4v) is 8.66. The number of hydrogen-bond acceptors (Lipinski definition) is 12. The molecule has 0 aliphatic heterocycles. The van der Waals surface area contributed by atoms with Crippen LogP contribution in [0.25, 0.3) is 10.9 Å². The Morgan fingerprint density at radius 3 is 1.93 bits per heavy atom. The van der Waals surface area contributed by atoms with Crippen LogP contribution >= 0.6 is 12.6 Å². The lowest BCUT2D eigenvalue weighted by atomic mass is 9.97. The fourth-order valence-electron chi connectivity index (χ4n) is 8.47. The number of rotatable bonds is 37. The number of unbranched alkanes of at least 4 members (excludes halogenated alkanes) is 3. The normalized spacial score (nSPS) is 12.5. The maximum atomic E-state index is 14.7. The minimum Gasteiger partial charge on any atom is -0.388 e. The van der Waals surface area contributed by atoms with Gasteiger partial charge in [0.2, 0.25) is 23.6 Å². The van der Waals surface area contributed by atoms with E-state index >= 15 is 0 Å². The van der Waals surface area contributed by atoms with E-state index in [9.17, 15) is 28.8 Å². The molecule has 0 aliphatic carbocycles. The zero-order chi connectivity index (χ0) is 49.8. The maximum Gasteiger partial charge on any atom is 0.240 e. The molecule has 0 aliphatic rings. The summed E-state index contributed by atoms with van der Waals surface area (Å²) in [6.07, 6.45) is 10.4. The molecule has 2 heterocycles. The Hall–Kier alpha value is -5.80. The Bertz CT molecular complexity index is 2070. The third-order valence-electron chi connectivity index (χ3n) is 12.0. The highest BCUT2D eigenvalue weighted by molar-refractivity contribution is 7.80. The standard InChI is InChI=1S/C47H76N14O6S/c48-22-7-5-14-38(46(52)67)59(43(64)18-6-8-24-56-47(53)54)25-10-16-41(63)39(29-34-31-55-32-58-34)60(44(65)20-19-33-30-57-36-12-2-1-11-35(33)36)26-9-15-40(62)37(13-3-4-17-42(50)51)61(27-23-49)45(66)21-28-68/h1-2,11-12,30-32,37-39,57,68H,3-10,13-29,48-49H2,(H3,50,51)(H2,52,67)(H,55,58)(H4,53,54,56). The van der Waals surface area contributed by atoms with Crippen molar-refractivity contribution >= 4 is 70.5 Å². The maximum absolute atomic E-state index is 14.7. The predicted octanol–water partition coefficient (Wildman–Crippen LogP) is 2.19. The van der Waals surface area contributed by atoms with Gasteiger partial charge in [-0.05, 0) is 88.1 Å². The van der Waals surface area contributed by atoms with Gasteiger partial charge in [-0.15, -0.1) is 0 Å². The molecule has 3 atom stereocenters. The summed E-state index contributed by atoms with van der Waals surface area (Å²) in [7, 11) is 0. The van der Waals surface area contributed by atoms with E-state index in [1.807, 2.05) is 30.5 Å². The number of aliphatic imine (C=N–C) groups is 1. The van der Waals surface area contributed by atoms with Crippen LogP contribution < -0.4 is 34.4 Å². The number of aromatic nitrogens is 3. The predicted molar refractivity (Wildman–Crippen MR) is 268 cm³/mol. The topological polar surface area (TPSA) is 349 Å². The number of amides is 4. The first-order chi connectivity index (χ1) is 32.7. The molecule has 0 bridgehead atoms. The molecule has 0 radical (unpaired) electrons. The smallest absolute Gasteiger partial charge is 0.240 e. The van der Waals surface area contributed by atoms with Gasteiger partial charge in [-0.3, -0.25) is 39.2 Å². The summed E-state index contributed by atoms with van der Waals surface area (Å²) in [5, 5.41) is 8.61. The highest BCUT2D eigenvalue weighted by atomic mass is 32.1.